The molecule has 1 heterocycles. The molecule has 1 aromatic heterocycles. The van der Waals surface area contributed by atoms with Gasteiger partial charge in [-0.25, -0.2) is 0 Å². The van der Waals surface area contributed by atoms with Crippen LogP contribution in [0.15, 0.2) is 29.6 Å². The van der Waals surface area contributed by atoms with Crippen LogP contribution < -0.4 is 5.32 Å². The minimum absolute atomic E-state index is 0.0290. The van der Waals surface area contributed by atoms with E-state index in [-0.39, 0.29) is 19.3 Å². The van der Waals surface area contributed by atoms with Crippen LogP contribution in [-0.2, 0) is 6.54 Å². The summed E-state index contributed by atoms with van der Waals surface area (Å²) in [5.41, 5.74) is 1.25. The molecule has 3 nitrogen and oxygen atoms in total. The van der Waals surface area contributed by atoms with Crippen LogP contribution in [0.25, 0.3) is 10.1 Å². The second kappa shape index (κ2) is 6.12. The summed E-state index contributed by atoms with van der Waals surface area (Å²) >= 11 is 1.73. The van der Waals surface area contributed by atoms with Gasteiger partial charge in [0.1, 0.15) is 0 Å². The maximum absolute atomic E-state index is 9.13. The van der Waals surface area contributed by atoms with E-state index in [0.717, 1.165) is 6.54 Å². The normalized spacial score (nSPS) is 13.1. The summed E-state index contributed by atoms with van der Waals surface area (Å²) in [6.45, 7) is 0.889. The number of hydrogen-bond donors (Lipinski definition) is 3. The van der Waals surface area contributed by atoms with Crippen molar-refractivity contribution in [2.24, 2.45) is 0 Å². The molecule has 0 aliphatic carbocycles. The number of rotatable bonds is 6. The highest BCUT2D eigenvalue weighted by Gasteiger charge is 2.08. The predicted octanol–water partition coefficient (Wildman–Crippen LogP) is 1.73. The standard InChI is InChI=1S/C13H17NO2S/c15-6-5-11(8-16)14-7-10-9-17-13-4-2-1-3-12(10)13/h1-4,9,11,14-16H,5-8H2. The van der Waals surface area contributed by atoms with Crippen LogP contribution in [0.1, 0.15) is 12.0 Å². The lowest BCUT2D eigenvalue weighted by Gasteiger charge is -2.14. The number of aliphatic hydroxyl groups excluding tert-OH is 2. The van der Waals surface area contributed by atoms with Crippen LogP contribution in [0.4, 0.5) is 0 Å². The summed E-state index contributed by atoms with van der Waals surface area (Å²) in [5.74, 6) is 0. The summed E-state index contributed by atoms with van der Waals surface area (Å²) < 4.78 is 1.28. The highest BCUT2D eigenvalue weighted by Crippen LogP contribution is 2.25. The molecule has 0 aliphatic heterocycles. The predicted molar refractivity (Wildman–Crippen MR) is 71.2 cm³/mol. The zero-order valence-electron chi connectivity index (χ0n) is 9.60. The zero-order valence-corrected chi connectivity index (χ0v) is 10.4. The molecule has 17 heavy (non-hydrogen) atoms. The lowest BCUT2D eigenvalue weighted by molar-refractivity contribution is 0.200. The van der Waals surface area contributed by atoms with E-state index in [4.69, 9.17) is 10.2 Å². The third-order valence-corrected chi connectivity index (χ3v) is 3.85. The molecule has 2 rings (SSSR count). The van der Waals surface area contributed by atoms with Gasteiger partial charge >= 0.3 is 0 Å². The average molecular weight is 251 g/mol. The van der Waals surface area contributed by atoms with Crippen molar-refractivity contribution in [3.63, 3.8) is 0 Å². The number of aliphatic hydroxyl groups is 2. The fourth-order valence-electron chi connectivity index (χ4n) is 1.84. The number of nitrogens with one attached hydrogen (secondary N) is 1. The summed E-state index contributed by atoms with van der Waals surface area (Å²) in [5, 5.41) is 24.7. The highest BCUT2D eigenvalue weighted by molar-refractivity contribution is 7.17. The van der Waals surface area contributed by atoms with Crippen LogP contribution in [0, 0.1) is 0 Å². The Morgan fingerprint density at radius 2 is 2.06 bits per heavy atom. The Morgan fingerprint density at radius 1 is 1.24 bits per heavy atom. The summed E-state index contributed by atoms with van der Waals surface area (Å²) in [6, 6.07) is 8.27. The minimum atomic E-state index is -0.0290. The van der Waals surface area contributed by atoms with Crippen molar-refractivity contribution in [2.75, 3.05) is 13.2 Å². The van der Waals surface area contributed by atoms with Gasteiger partial charge in [0, 0.05) is 23.9 Å². The maximum atomic E-state index is 9.13. The third kappa shape index (κ3) is 3.04. The lowest BCUT2D eigenvalue weighted by Crippen LogP contribution is -2.32. The number of hydrogen-bond acceptors (Lipinski definition) is 4. The van der Waals surface area contributed by atoms with Crippen molar-refractivity contribution in [1.82, 2.24) is 5.32 Å². The van der Waals surface area contributed by atoms with Crippen molar-refractivity contribution < 1.29 is 10.2 Å². The molecule has 0 radical (unpaired) electrons. The first-order valence-electron chi connectivity index (χ1n) is 5.75. The van der Waals surface area contributed by atoms with Gasteiger partial charge in [-0.05, 0) is 28.8 Å². The highest BCUT2D eigenvalue weighted by atomic mass is 32.1. The topological polar surface area (TPSA) is 52.5 Å². The molecule has 3 N–H and O–H groups in total. The molecule has 2 aromatic rings. The quantitative estimate of drug-likeness (QED) is 0.733. The average Bonchev–Trinajstić information content (AvgIpc) is 2.78. The smallest absolute Gasteiger partial charge is 0.0585 e. The van der Waals surface area contributed by atoms with Crippen LogP contribution in [-0.4, -0.2) is 29.5 Å². The van der Waals surface area contributed by atoms with Gasteiger partial charge in [0.25, 0.3) is 0 Å². The van der Waals surface area contributed by atoms with Gasteiger partial charge in [-0.2, -0.15) is 0 Å². The van der Waals surface area contributed by atoms with Gasteiger partial charge < -0.3 is 15.5 Å². The molecule has 1 atom stereocenters. The Morgan fingerprint density at radius 3 is 2.82 bits per heavy atom. The third-order valence-electron chi connectivity index (χ3n) is 2.84. The molecule has 0 amide bonds. The van der Waals surface area contributed by atoms with Crippen molar-refractivity contribution in [3.8, 4) is 0 Å². The first-order chi connectivity index (χ1) is 8.35. The second-order valence-electron chi connectivity index (χ2n) is 4.03. The van der Waals surface area contributed by atoms with Crippen molar-refractivity contribution in [2.45, 2.75) is 19.0 Å². The fourth-order valence-corrected chi connectivity index (χ4v) is 2.80. The molecule has 4 heteroatoms. The molecule has 0 saturated heterocycles. The van der Waals surface area contributed by atoms with Gasteiger partial charge in [0.15, 0.2) is 0 Å². The molecular weight excluding hydrogens is 234 g/mol. The lowest BCUT2D eigenvalue weighted by atomic mass is 10.1. The van der Waals surface area contributed by atoms with E-state index in [9.17, 15) is 0 Å². The van der Waals surface area contributed by atoms with Crippen molar-refractivity contribution in [3.05, 3.63) is 35.2 Å². The van der Waals surface area contributed by atoms with Crippen molar-refractivity contribution in [1.29, 1.82) is 0 Å². The Hall–Kier alpha value is -0.940. The molecule has 0 bridgehead atoms. The van der Waals surface area contributed by atoms with Crippen LogP contribution in [0.5, 0.6) is 0 Å². The summed E-state index contributed by atoms with van der Waals surface area (Å²) in [4.78, 5) is 0. The summed E-state index contributed by atoms with van der Waals surface area (Å²) in [7, 11) is 0. The first kappa shape index (κ1) is 12.5. The Balaban J connectivity index is 2.03. The SMILES string of the molecule is OCCC(CO)NCc1csc2ccccc12. The Kier molecular flexibility index (Phi) is 4.50. The fraction of sp³-hybridized carbons (Fsp3) is 0.385. The number of thiophene rings is 1. The summed E-state index contributed by atoms with van der Waals surface area (Å²) in [6.07, 6.45) is 0.582. The van der Waals surface area contributed by atoms with E-state index >= 15 is 0 Å². The van der Waals surface area contributed by atoms with Crippen LogP contribution in [0.2, 0.25) is 0 Å². The molecule has 0 aliphatic rings. The first-order valence-corrected chi connectivity index (χ1v) is 6.63. The molecule has 0 saturated carbocycles. The molecule has 0 spiro atoms. The molecule has 0 fully saturated rings. The van der Waals surface area contributed by atoms with Gasteiger partial charge in [-0.1, -0.05) is 18.2 Å². The van der Waals surface area contributed by atoms with E-state index in [0.29, 0.717) is 6.42 Å². The number of fused-ring (bicyclic) bond motifs is 1. The molecule has 1 unspecified atom stereocenters. The van der Waals surface area contributed by atoms with E-state index in [1.54, 1.807) is 11.3 Å². The molecular formula is C13H17NO2S. The largest absolute Gasteiger partial charge is 0.396 e. The van der Waals surface area contributed by atoms with Gasteiger partial charge in [-0.3, -0.25) is 0 Å². The van der Waals surface area contributed by atoms with Gasteiger partial charge in [-0.15, -0.1) is 11.3 Å². The van der Waals surface area contributed by atoms with Crippen LogP contribution in [0.3, 0.4) is 0 Å². The van der Waals surface area contributed by atoms with E-state index in [2.05, 4.69) is 22.8 Å². The molecule has 92 valence electrons. The van der Waals surface area contributed by atoms with E-state index < -0.39 is 0 Å². The monoisotopic (exact) mass is 251 g/mol. The van der Waals surface area contributed by atoms with Crippen molar-refractivity contribution >= 4 is 21.4 Å². The second-order valence-corrected chi connectivity index (χ2v) is 4.94. The van der Waals surface area contributed by atoms with Gasteiger partial charge in [0.2, 0.25) is 0 Å². The van der Waals surface area contributed by atoms with E-state index in [1.807, 2.05) is 12.1 Å². The minimum Gasteiger partial charge on any atom is -0.396 e. The zero-order chi connectivity index (χ0) is 12.1. The maximum Gasteiger partial charge on any atom is 0.0585 e. The number of benzene rings is 1. The Bertz CT molecular complexity index is 469. The Labute approximate surface area is 105 Å². The van der Waals surface area contributed by atoms with E-state index in [1.165, 1.54) is 15.6 Å². The van der Waals surface area contributed by atoms with Crippen LogP contribution >= 0.6 is 11.3 Å². The van der Waals surface area contributed by atoms with Gasteiger partial charge in [0.05, 0.1) is 6.61 Å². The molecule has 1 aromatic carbocycles.